The normalized spacial score (nSPS) is 15.6. The summed E-state index contributed by atoms with van der Waals surface area (Å²) in [6.45, 7) is 2.04. The van der Waals surface area contributed by atoms with Crippen molar-refractivity contribution in [2.45, 2.75) is 25.8 Å². The first kappa shape index (κ1) is 15.6. The maximum absolute atomic E-state index is 9.25. The predicted octanol–water partition coefficient (Wildman–Crippen LogP) is 4.50. The van der Waals surface area contributed by atoms with Gasteiger partial charge in [0.05, 0.1) is 29.4 Å². The molecule has 5 rings (SSSR count). The van der Waals surface area contributed by atoms with Gasteiger partial charge in [0.25, 0.3) is 0 Å². The Balaban J connectivity index is 1.49. The first-order valence-corrected chi connectivity index (χ1v) is 8.90. The van der Waals surface area contributed by atoms with Crippen LogP contribution in [0.4, 0.5) is 5.69 Å². The number of anilines is 1. The molecule has 2 aromatic heterocycles. The number of nitrogens with one attached hydrogen (secondary N) is 2. The van der Waals surface area contributed by atoms with E-state index in [9.17, 15) is 5.26 Å². The Labute approximate surface area is 155 Å². The quantitative estimate of drug-likeness (QED) is 0.565. The number of nitrogens with zero attached hydrogens (tertiary/aromatic N) is 3. The van der Waals surface area contributed by atoms with Crippen LogP contribution in [0.3, 0.4) is 0 Å². The number of oxazole rings is 1. The Kier molecular flexibility index (Phi) is 3.47. The lowest BCUT2D eigenvalue weighted by Gasteiger charge is -2.16. The lowest BCUT2D eigenvalue weighted by molar-refractivity contribution is 0.570. The van der Waals surface area contributed by atoms with Crippen LogP contribution in [0, 0.1) is 18.3 Å². The molecule has 1 aliphatic carbocycles. The Morgan fingerprint density at radius 2 is 2.22 bits per heavy atom. The molecule has 2 aromatic carbocycles. The molecule has 0 bridgehead atoms. The Bertz CT molecular complexity index is 1180. The molecule has 0 fully saturated rings. The summed E-state index contributed by atoms with van der Waals surface area (Å²) >= 11 is 0. The van der Waals surface area contributed by atoms with Gasteiger partial charge in [-0.05, 0) is 60.7 Å². The van der Waals surface area contributed by atoms with Crippen molar-refractivity contribution in [2.24, 2.45) is 0 Å². The summed E-state index contributed by atoms with van der Waals surface area (Å²) in [6.07, 6.45) is 5.08. The van der Waals surface area contributed by atoms with Gasteiger partial charge in [-0.15, -0.1) is 0 Å². The molecule has 1 atom stereocenters. The van der Waals surface area contributed by atoms with Gasteiger partial charge < -0.3 is 9.73 Å². The summed E-state index contributed by atoms with van der Waals surface area (Å²) in [6, 6.07) is 12.7. The van der Waals surface area contributed by atoms with E-state index in [0.29, 0.717) is 5.76 Å². The first-order chi connectivity index (χ1) is 13.2. The second kappa shape index (κ2) is 5.99. The molecule has 0 unspecified atom stereocenters. The van der Waals surface area contributed by atoms with Crippen LogP contribution in [-0.4, -0.2) is 15.2 Å². The van der Waals surface area contributed by atoms with Gasteiger partial charge in [0.1, 0.15) is 5.69 Å². The molecule has 0 radical (unpaired) electrons. The summed E-state index contributed by atoms with van der Waals surface area (Å²) in [5, 5.41) is 21.3. The molecule has 27 heavy (non-hydrogen) atoms. The predicted molar refractivity (Wildman–Crippen MR) is 102 cm³/mol. The molecule has 132 valence electrons. The zero-order valence-electron chi connectivity index (χ0n) is 14.8. The van der Waals surface area contributed by atoms with Crippen molar-refractivity contribution >= 4 is 16.6 Å². The summed E-state index contributed by atoms with van der Waals surface area (Å²) in [5.41, 5.74) is 7.21. The van der Waals surface area contributed by atoms with Crippen molar-refractivity contribution < 1.29 is 4.42 Å². The fourth-order valence-electron chi connectivity index (χ4n) is 3.98. The van der Waals surface area contributed by atoms with Gasteiger partial charge in [0.15, 0.2) is 12.2 Å². The van der Waals surface area contributed by atoms with Crippen molar-refractivity contribution in [1.29, 1.82) is 5.26 Å². The minimum Gasteiger partial charge on any atom is -0.442 e. The second-order valence-electron chi connectivity index (χ2n) is 6.85. The maximum atomic E-state index is 9.25. The number of nitriles is 1. The van der Waals surface area contributed by atoms with Crippen molar-refractivity contribution in [3.05, 3.63) is 65.2 Å². The molecular weight excluding hydrogens is 338 g/mol. The molecule has 6 heteroatoms. The summed E-state index contributed by atoms with van der Waals surface area (Å²) in [5.74, 6) is 0.643. The van der Waals surface area contributed by atoms with E-state index in [1.165, 1.54) is 17.5 Å². The SMILES string of the molecule is Cc1c(C#N)ccc2c1CC[C@@H]2Nc1ccc2[nH]nc(-c3cnco3)c2c1. The second-order valence-corrected chi connectivity index (χ2v) is 6.85. The number of rotatable bonds is 3. The average Bonchev–Trinajstić information content (AvgIpc) is 3.41. The lowest BCUT2D eigenvalue weighted by Crippen LogP contribution is -2.07. The van der Waals surface area contributed by atoms with E-state index in [2.05, 4.69) is 44.8 Å². The van der Waals surface area contributed by atoms with E-state index < -0.39 is 0 Å². The molecule has 0 spiro atoms. The fourth-order valence-corrected chi connectivity index (χ4v) is 3.98. The summed E-state index contributed by atoms with van der Waals surface area (Å²) < 4.78 is 5.40. The number of H-pyrrole nitrogens is 1. The smallest absolute Gasteiger partial charge is 0.181 e. The van der Waals surface area contributed by atoms with E-state index >= 15 is 0 Å². The number of hydrogen-bond acceptors (Lipinski definition) is 5. The van der Waals surface area contributed by atoms with Crippen LogP contribution in [0.1, 0.15) is 34.7 Å². The number of benzene rings is 2. The third-order valence-corrected chi connectivity index (χ3v) is 5.38. The number of aromatic amines is 1. The molecule has 2 heterocycles. The van der Waals surface area contributed by atoms with Gasteiger partial charge in [-0.2, -0.15) is 10.4 Å². The van der Waals surface area contributed by atoms with Crippen LogP contribution in [0.25, 0.3) is 22.4 Å². The third-order valence-electron chi connectivity index (χ3n) is 5.38. The number of fused-ring (bicyclic) bond motifs is 2. The van der Waals surface area contributed by atoms with Crippen LogP contribution in [0.15, 0.2) is 47.3 Å². The monoisotopic (exact) mass is 355 g/mol. The highest BCUT2D eigenvalue weighted by atomic mass is 16.3. The highest BCUT2D eigenvalue weighted by Gasteiger charge is 2.25. The summed E-state index contributed by atoms with van der Waals surface area (Å²) in [7, 11) is 0. The molecule has 6 nitrogen and oxygen atoms in total. The summed E-state index contributed by atoms with van der Waals surface area (Å²) in [4.78, 5) is 3.98. The molecule has 0 amide bonds. The van der Waals surface area contributed by atoms with Crippen LogP contribution in [0.2, 0.25) is 0 Å². The standard InChI is InChI=1S/C21H17N5O/c1-12-13(9-22)2-4-16-15(12)5-7-18(16)24-14-3-6-19-17(8-14)21(26-25-19)20-10-23-11-27-20/h2-4,6,8,10-11,18,24H,5,7H2,1H3,(H,25,26)/t18-/m0/s1. The van der Waals surface area contributed by atoms with Crippen LogP contribution >= 0.6 is 0 Å². The Hall–Kier alpha value is -3.59. The highest BCUT2D eigenvalue weighted by molar-refractivity contribution is 5.93. The topological polar surface area (TPSA) is 90.5 Å². The Morgan fingerprint density at radius 1 is 1.30 bits per heavy atom. The van der Waals surface area contributed by atoms with Crippen molar-refractivity contribution in [2.75, 3.05) is 5.32 Å². The Morgan fingerprint density at radius 3 is 3.04 bits per heavy atom. The van der Waals surface area contributed by atoms with Crippen molar-refractivity contribution in [1.82, 2.24) is 15.2 Å². The number of hydrogen-bond donors (Lipinski definition) is 2. The van der Waals surface area contributed by atoms with E-state index in [-0.39, 0.29) is 6.04 Å². The fraction of sp³-hybridized carbons (Fsp3) is 0.190. The minimum absolute atomic E-state index is 0.240. The van der Waals surface area contributed by atoms with Gasteiger partial charge in [-0.3, -0.25) is 5.10 Å². The molecule has 1 aliphatic rings. The van der Waals surface area contributed by atoms with Gasteiger partial charge in [-0.1, -0.05) is 6.07 Å². The first-order valence-electron chi connectivity index (χ1n) is 8.90. The van der Waals surface area contributed by atoms with Gasteiger partial charge >= 0.3 is 0 Å². The molecule has 0 saturated heterocycles. The van der Waals surface area contributed by atoms with E-state index in [4.69, 9.17) is 4.42 Å². The molecule has 2 N–H and O–H groups in total. The average molecular weight is 355 g/mol. The minimum atomic E-state index is 0.240. The van der Waals surface area contributed by atoms with Crippen molar-refractivity contribution in [3.8, 4) is 17.5 Å². The van der Waals surface area contributed by atoms with Crippen LogP contribution < -0.4 is 5.32 Å². The van der Waals surface area contributed by atoms with E-state index in [0.717, 1.165) is 46.3 Å². The van der Waals surface area contributed by atoms with Gasteiger partial charge in [0, 0.05) is 11.1 Å². The third kappa shape index (κ3) is 2.48. The van der Waals surface area contributed by atoms with Crippen LogP contribution in [-0.2, 0) is 6.42 Å². The molecule has 4 aromatic rings. The maximum Gasteiger partial charge on any atom is 0.181 e. The van der Waals surface area contributed by atoms with Gasteiger partial charge in [-0.25, -0.2) is 4.98 Å². The number of aromatic nitrogens is 3. The van der Waals surface area contributed by atoms with Gasteiger partial charge in [0.2, 0.25) is 0 Å². The zero-order valence-corrected chi connectivity index (χ0v) is 14.8. The largest absolute Gasteiger partial charge is 0.442 e. The molecule has 0 aliphatic heterocycles. The zero-order chi connectivity index (χ0) is 18.4. The molecule has 0 saturated carbocycles. The highest BCUT2D eigenvalue weighted by Crippen LogP contribution is 2.37. The lowest BCUT2D eigenvalue weighted by atomic mass is 9.98. The van der Waals surface area contributed by atoms with Crippen LogP contribution in [0.5, 0.6) is 0 Å². The molecular formula is C21H17N5O. The van der Waals surface area contributed by atoms with Crippen molar-refractivity contribution in [3.63, 3.8) is 0 Å². The van der Waals surface area contributed by atoms with E-state index in [1.807, 2.05) is 19.1 Å². The van der Waals surface area contributed by atoms with E-state index in [1.54, 1.807) is 6.20 Å².